The molecule has 0 aromatic heterocycles. The third kappa shape index (κ3) is 4.42. The van der Waals surface area contributed by atoms with Crippen molar-refractivity contribution < 1.29 is 17.9 Å². The van der Waals surface area contributed by atoms with E-state index in [4.69, 9.17) is 10.00 Å². The average molecular weight is 447 g/mol. The molecule has 1 heterocycles. The largest absolute Gasteiger partial charge is 0.460 e. The highest BCUT2D eigenvalue weighted by Crippen LogP contribution is 2.30. The van der Waals surface area contributed by atoms with Crippen molar-refractivity contribution in [3.8, 4) is 6.07 Å². The Morgan fingerprint density at radius 2 is 1.69 bits per heavy atom. The first-order valence-electron chi connectivity index (χ1n) is 10.2. The van der Waals surface area contributed by atoms with Gasteiger partial charge in [-0.1, -0.05) is 54.1 Å². The predicted molar refractivity (Wildman–Crippen MR) is 119 cm³/mol. The number of fused-ring (bicyclic) bond motifs is 1. The molecule has 0 amide bonds. The molecule has 0 N–H and O–H groups in total. The molecule has 0 saturated carbocycles. The Bertz CT molecular complexity index is 1280. The van der Waals surface area contributed by atoms with Gasteiger partial charge in [-0.15, -0.1) is 0 Å². The van der Waals surface area contributed by atoms with Crippen LogP contribution in [0.4, 0.5) is 0 Å². The van der Waals surface area contributed by atoms with E-state index in [1.807, 2.05) is 37.3 Å². The topological polar surface area (TPSA) is 87.5 Å². The lowest BCUT2D eigenvalue weighted by molar-refractivity contribution is -0.150. The van der Waals surface area contributed by atoms with Crippen LogP contribution in [0.25, 0.3) is 0 Å². The Kier molecular flexibility index (Phi) is 6.08. The molecule has 1 aliphatic heterocycles. The van der Waals surface area contributed by atoms with Gasteiger partial charge in [0, 0.05) is 13.0 Å². The van der Waals surface area contributed by atoms with Crippen molar-refractivity contribution in [3.63, 3.8) is 0 Å². The second-order valence-corrected chi connectivity index (χ2v) is 9.66. The molecule has 1 unspecified atom stereocenters. The van der Waals surface area contributed by atoms with E-state index in [-0.39, 0.29) is 24.5 Å². The fourth-order valence-electron chi connectivity index (χ4n) is 3.72. The van der Waals surface area contributed by atoms with Gasteiger partial charge in [0.05, 0.1) is 16.5 Å². The summed E-state index contributed by atoms with van der Waals surface area (Å²) in [4.78, 5) is 13.2. The van der Waals surface area contributed by atoms with Crippen LogP contribution in [-0.2, 0) is 39.1 Å². The minimum atomic E-state index is -3.91. The van der Waals surface area contributed by atoms with E-state index in [2.05, 4.69) is 0 Å². The zero-order chi connectivity index (χ0) is 22.7. The lowest BCUT2D eigenvalue weighted by atomic mass is 9.96. The molecule has 162 valence electrons. The highest BCUT2D eigenvalue weighted by molar-refractivity contribution is 7.89. The first-order chi connectivity index (χ1) is 15.4. The monoisotopic (exact) mass is 446 g/mol. The molecule has 7 heteroatoms. The molecule has 1 aliphatic rings. The van der Waals surface area contributed by atoms with Crippen LogP contribution >= 0.6 is 0 Å². The molecule has 4 rings (SSSR count). The number of ether oxygens (including phenoxy) is 1. The first kappa shape index (κ1) is 21.8. The minimum Gasteiger partial charge on any atom is -0.460 e. The van der Waals surface area contributed by atoms with Crippen molar-refractivity contribution in [2.45, 2.75) is 37.4 Å². The third-order valence-corrected chi connectivity index (χ3v) is 7.44. The van der Waals surface area contributed by atoms with Crippen LogP contribution in [0.3, 0.4) is 0 Å². The third-order valence-electron chi connectivity index (χ3n) is 5.57. The average Bonchev–Trinajstić information content (AvgIpc) is 2.82. The van der Waals surface area contributed by atoms with Gasteiger partial charge in [-0.3, -0.25) is 4.79 Å². The Hall–Kier alpha value is -3.47. The molecular weight excluding hydrogens is 424 g/mol. The first-order valence-corrected chi connectivity index (χ1v) is 11.6. The molecule has 0 spiro atoms. The van der Waals surface area contributed by atoms with Crippen LogP contribution in [0.1, 0.15) is 27.8 Å². The quantitative estimate of drug-likeness (QED) is 0.558. The molecule has 0 aliphatic carbocycles. The van der Waals surface area contributed by atoms with Crippen molar-refractivity contribution in [3.05, 3.63) is 101 Å². The van der Waals surface area contributed by atoms with Crippen LogP contribution < -0.4 is 0 Å². The lowest BCUT2D eigenvalue weighted by Gasteiger charge is -2.34. The molecule has 0 saturated heterocycles. The summed E-state index contributed by atoms with van der Waals surface area (Å²) in [5.74, 6) is -0.598. The summed E-state index contributed by atoms with van der Waals surface area (Å²) in [7, 11) is -3.91. The van der Waals surface area contributed by atoms with Crippen LogP contribution in [0.5, 0.6) is 0 Å². The number of esters is 1. The SMILES string of the molecule is Cc1ccc(S(=O)(=O)N2Cc3ccccc3CC2C(=O)OCc2ccc(C#N)cc2)cc1. The van der Waals surface area contributed by atoms with E-state index in [1.165, 1.54) is 4.31 Å². The van der Waals surface area contributed by atoms with Gasteiger partial charge >= 0.3 is 5.97 Å². The van der Waals surface area contributed by atoms with Gasteiger partial charge in [-0.2, -0.15) is 9.57 Å². The number of benzene rings is 3. The summed E-state index contributed by atoms with van der Waals surface area (Å²) in [5, 5.41) is 8.91. The smallest absolute Gasteiger partial charge is 0.325 e. The van der Waals surface area contributed by atoms with Crippen LogP contribution in [0.2, 0.25) is 0 Å². The number of aryl methyl sites for hydroxylation is 1. The van der Waals surface area contributed by atoms with Crippen molar-refractivity contribution in [1.29, 1.82) is 5.26 Å². The summed E-state index contributed by atoms with van der Waals surface area (Å²) >= 11 is 0. The van der Waals surface area contributed by atoms with Crippen molar-refractivity contribution in [2.75, 3.05) is 0 Å². The number of hydrogen-bond donors (Lipinski definition) is 0. The minimum absolute atomic E-state index is 0.00110. The maximum Gasteiger partial charge on any atom is 0.325 e. The molecule has 6 nitrogen and oxygen atoms in total. The van der Waals surface area contributed by atoms with Gasteiger partial charge in [0.25, 0.3) is 0 Å². The fraction of sp³-hybridized carbons (Fsp3) is 0.200. The van der Waals surface area contributed by atoms with E-state index < -0.39 is 22.0 Å². The number of nitrogens with zero attached hydrogens (tertiary/aromatic N) is 2. The van der Waals surface area contributed by atoms with Gasteiger partial charge < -0.3 is 4.74 Å². The van der Waals surface area contributed by atoms with Crippen LogP contribution in [-0.4, -0.2) is 24.7 Å². The maximum absolute atomic E-state index is 13.5. The normalized spacial score (nSPS) is 16.1. The molecule has 0 radical (unpaired) electrons. The van der Waals surface area contributed by atoms with Crippen LogP contribution in [0, 0.1) is 18.3 Å². The Balaban J connectivity index is 1.61. The summed E-state index contributed by atoms with van der Waals surface area (Å²) in [5.41, 5.74) is 4.00. The van der Waals surface area contributed by atoms with E-state index in [0.717, 1.165) is 22.3 Å². The maximum atomic E-state index is 13.5. The summed E-state index contributed by atoms with van der Waals surface area (Å²) in [6, 6.07) is 21.9. The van der Waals surface area contributed by atoms with Crippen LogP contribution in [0.15, 0.2) is 77.7 Å². The number of carbonyl (C=O) groups is 1. The molecule has 3 aromatic carbocycles. The Morgan fingerprint density at radius 1 is 1.03 bits per heavy atom. The van der Waals surface area contributed by atoms with Gasteiger partial charge in [0.15, 0.2) is 0 Å². The Labute approximate surface area is 187 Å². The van der Waals surface area contributed by atoms with Crippen molar-refractivity contribution >= 4 is 16.0 Å². The standard InChI is InChI=1S/C25H22N2O4S/c1-18-6-12-23(13-7-18)32(29,30)27-16-22-5-3-2-4-21(22)14-24(27)25(28)31-17-20-10-8-19(15-26)9-11-20/h2-13,24H,14,16-17H2,1H3. The molecule has 0 bridgehead atoms. The number of carbonyl (C=O) groups excluding carboxylic acids is 1. The van der Waals surface area contributed by atoms with Gasteiger partial charge in [0.2, 0.25) is 10.0 Å². The summed E-state index contributed by atoms with van der Waals surface area (Å²) < 4.78 is 33.7. The molecule has 1 atom stereocenters. The summed E-state index contributed by atoms with van der Waals surface area (Å²) in [6.07, 6.45) is 0.244. The number of hydrogen-bond acceptors (Lipinski definition) is 5. The lowest BCUT2D eigenvalue weighted by Crippen LogP contribution is -2.49. The van der Waals surface area contributed by atoms with Crippen molar-refractivity contribution in [2.24, 2.45) is 0 Å². The van der Waals surface area contributed by atoms with E-state index >= 15 is 0 Å². The van der Waals surface area contributed by atoms with Gasteiger partial charge in [0.1, 0.15) is 12.6 Å². The van der Waals surface area contributed by atoms with Gasteiger partial charge in [-0.25, -0.2) is 8.42 Å². The van der Waals surface area contributed by atoms with Crippen molar-refractivity contribution in [1.82, 2.24) is 4.31 Å². The van der Waals surface area contributed by atoms with E-state index in [0.29, 0.717) is 5.56 Å². The van der Waals surface area contributed by atoms with Gasteiger partial charge in [-0.05, 0) is 47.9 Å². The number of rotatable bonds is 5. The molecule has 3 aromatic rings. The molecular formula is C25H22N2O4S. The highest BCUT2D eigenvalue weighted by atomic mass is 32.2. The second kappa shape index (κ2) is 8.95. The Morgan fingerprint density at radius 3 is 2.34 bits per heavy atom. The zero-order valence-corrected chi connectivity index (χ0v) is 18.4. The highest BCUT2D eigenvalue weighted by Gasteiger charge is 2.40. The predicted octanol–water partition coefficient (Wildman–Crippen LogP) is 3.73. The second-order valence-electron chi connectivity index (χ2n) is 7.77. The number of sulfonamides is 1. The fourth-order valence-corrected chi connectivity index (χ4v) is 5.28. The summed E-state index contributed by atoms with van der Waals surface area (Å²) in [6.45, 7) is 1.99. The molecule has 0 fully saturated rings. The van der Waals surface area contributed by atoms with E-state index in [9.17, 15) is 13.2 Å². The van der Waals surface area contributed by atoms with E-state index in [1.54, 1.807) is 48.5 Å². The number of nitriles is 1. The molecule has 32 heavy (non-hydrogen) atoms. The zero-order valence-electron chi connectivity index (χ0n) is 17.6.